The first-order chi connectivity index (χ1) is 4.93. The van der Waals surface area contributed by atoms with E-state index < -0.39 is 0 Å². The number of allylic oxidation sites excluding steroid dienone is 2. The molecule has 1 aromatic heterocycles. The standard InChI is InChI=1S/C8H11N2/c1-2-3-6-10-7-4-5-9-8-10/h2-5,7-8H,6H2,1H3/q+1. The number of hydrogen-bond acceptors (Lipinski definition) is 1. The Bertz CT molecular complexity index is 204. The van der Waals surface area contributed by atoms with Crippen molar-refractivity contribution in [2.24, 2.45) is 0 Å². The summed E-state index contributed by atoms with van der Waals surface area (Å²) < 4.78 is 2.01. The predicted octanol–water partition coefficient (Wildman–Crippen LogP) is 0.945. The number of hydrogen-bond donors (Lipinski definition) is 0. The van der Waals surface area contributed by atoms with Gasteiger partial charge < -0.3 is 0 Å². The minimum atomic E-state index is 0.907. The lowest BCUT2D eigenvalue weighted by Gasteiger charge is -1.88. The second-order valence-corrected chi connectivity index (χ2v) is 2.02. The third-order valence-electron chi connectivity index (χ3n) is 1.22. The average molecular weight is 135 g/mol. The Balaban J connectivity index is 2.59. The van der Waals surface area contributed by atoms with Crippen LogP contribution in [0.5, 0.6) is 0 Å². The van der Waals surface area contributed by atoms with Gasteiger partial charge in [0.05, 0.1) is 6.20 Å². The van der Waals surface area contributed by atoms with Crippen LogP contribution in [-0.2, 0) is 6.54 Å². The maximum Gasteiger partial charge on any atom is 0.286 e. The van der Waals surface area contributed by atoms with Crippen LogP contribution in [-0.4, -0.2) is 4.98 Å². The minimum Gasteiger partial charge on any atom is -0.234 e. The fourth-order valence-electron chi connectivity index (χ4n) is 0.696. The van der Waals surface area contributed by atoms with Gasteiger partial charge in [0, 0.05) is 6.07 Å². The molecule has 0 atom stereocenters. The highest BCUT2D eigenvalue weighted by Gasteiger charge is 1.88. The largest absolute Gasteiger partial charge is 0.286 e. The van der Waals surface area contributed by atoms with Crippen LogP contribution in [0.15, 0.2) is 36.9 Å². The van der Waals surface area contributed by atoms with Crippen molar-refractivity contribution in [3.05, 3.63) is 36.9 Å². The molecule has 0 aromatic carbocycles. The molecule has 0 bridgehead atoms. The van der Waals surface area contributed by atoms with Crippen LogP contribution >= 0.6 is 0 Å². The monoisotopic (exact) mass is 135 g/mol. The molecule has 10 heavy (non-hydrogen) atoms. The van der Waals surface area contributed by atoms with Crippen molar-refractivity contribution in [2.45, 2.75) is 13.5 Å². The molecule has 0 aliphatic heterocycles. The highest BCUT2D eigenvalue weighted by Crippen LogP contribution is 1.73. The van der Waals surface area contributed by atoms with Crippen LogP contribution in [0.4, 0.5) is 0 Å². The Hall–Kier alpha value is -1.18. The van der Waals surface area contributed by atoms with Gasteiger partial charge in [-0.3, -0.25) is 0 Å². The highest BCUT2D eigenvalue weighted by molar-refractivity contribution is 4.74. The minimum absolute atomic E-state index is 0.907. The molecule has 0 N–H and O–H groups in total. The Labute approximate surface area is 60.9 Å². The van der Waals surface area contributed by atoms with E-state index in [0.29, 0.717) is 0 Å². The van der Waals surface area contributed by atoms with E-state index in [1.807, 2.05) is 29.8 Å². The van der Waals surface area contributed by atoms with Crippen molar-refractivity contribution >= 4 is 0 Å². The summed E-state index contributed by atoms with van der Waals surface area (Å²) in [4.78, 5) is 3.97. The smallest absolute Gasteiger partial charge is 0.234 e. The second kappa shape index (κ2) is 3.77. The van der Waals surface area contributed by atoms with E-state index in [1.54, 1.807) is 12.5 Å². The van der Waals surface area contributed by atoms with E-state index in [-0.39, 0.29) is 0 Å². The number of nitrogens with zero attached hydrogens (tertiary/aromatic N) is 2. The summed E-state index contributed by atoms with van der Waals surface area (Å²) in [5, 5.41) is 0. The average Bonchev–Trinajstić information content (AvgIpc) is 2.03. The Morgan fingerprint density at radius 2 is 2.50 bits per heavy atom. The molecule has 0 spiro atoms. The first kappa shape index (κ1) is 6.93. The van der Waals surface area contributed by atoms with Gasteiger partial charge in [0.25, 0.3) is 6.33 Å². The molecule has 0 unspecified atom stereocenters. The molecule has 2 heteroatoms. The van der Waals surface area contributed by atoms with Crippen LogP contribution in [0.2, 0.25) is 0 Å². The van der Waals surface area contributed by atoms with E-state index in [0.717, 1.165) is 6.54 Å². The highest BCUT2D eigenvalue weighted by atomic mass is 15.0. The zero-order valence-electron chi connectivity index (χ0n) is 6.07. The van der Waals surface area contributed by atoms with Gasteiger partial charge in [-0.05, 0) is 13.0 Å². The summed E-state index contributed by atoms with van der Waals surface area (Å²) >= 11 is 0. The summed E-state index contributed by atoms with van der Waals surface area (Å²) in [7, 11) is 0. The molecular formula is C8H11N2+. The summed E-state index contributed by atoms with van der Waals surface area (Å²) in [6.07, 6.45) is 9.68. The summed E-state index contributed by atoms with van der Waals surface area (Å²) in [5.41, 5.74) is 0. The fourth-order valence-corrected chi connectivity index (χ4v) is 0.696. The predicted molar refractivity (Wildman–Crippen MR) is 39.2 cm³/mol. The molecule has 0 aliphatic carbocycles. The molecule has 0 saturated heterocycles. The van der Waals surface area contributed by atoms with E-state index in [1.165, 1.54) is 0 Å². The van der Waals surface area contributed by atoms with Gasteiger partial charge in [0.2, 0.25) is 0 Å². The SMILES string of the molecule is CC=CC[n+]1cccnc1. The number of rotatable bonds is 2. The molecular weight excluding hydrogens is 124 g/mol. The lowest BCUT2D eigenvalue weighted by atomic mass is 10.5. The van der Waals surface area contributed by atoms with Gasteiger partial charge in [-0.1, -0.05) is 11.1 Å². The molecule has 0 saturated carbocycles. The summed E-state index contributed by atoms with van der Waals surface area (Å²) in [6.45, 7) is 2.92. The van der Waals surface area contributed by atoms with Crippen LogP contribution < -0.4 is 4.57 Å². The maximum absolute atomic E-state index is 3.97. The van der Waals surface area contributed by atoms with Crippen molar-refractivity contribution in [3.63, 3.8) is 0 Å². The van der Waals surface area contributed by atoms with E-state index in [2.05, 4.69) is 11.1 Å². The van der Waals surface area contributed by atoms with Crippen molar-refractivity contribution in [1.82, 2.24) is 4.98 Å². The quantitative estimate of drug-likeness (QED) is 0.435. The van der Waals surface area contributed by atoms with E-state index >= 15 is 0 Å². The van der Waals surface area contributed by atoms with Crippen molar-refractivity contribution in [1.29, 1.82) is 0 Å². The third-order valence-corrected chi connectivity index (χ3v) is 1.22. The molecule has 2 nitrogen and oxygen atoms in total. The Morgan fingerprint density at radius 1 is 1.60 bits per heavy atom. The van der Waals surface area contributed by atoms with E-state index in [9.17, 15) is 0 Å². The molecule has 0 amide bonds. The lowest BCUT2D eigenvalue weighted by Crippen LogP contribution is -2.31. The van der Waals surface area contributed by atoms with Crippen LogP contribution in [0.1, 0.15) is 6.92 Å². The number of aromatic nitrogens is 2. The summed E-state index contributed by atoms with van der Waals surface area (Å²) in [5.74, 6) is 0. The van der Waals surface area contributed by atoms with E-state index in [4.69, 9.17) is 0 Å². The van der Waals surface area contributed by atoms with Gasteiger partial charge >= 0.3 is 0 Å². The van der Waals surface area contributed by atoms with Gasteiger partial charge in [0.15, 0.2) is 0 Å². The molecule has 1 rings (SSSR count). The van der Waals surface area contributed by atoms with Crippen molar-refractivity contribution in [2.75, 3.05) is 0 Å². The van der Waals surface area contributed by atoms with Crippen LogP contribution in [0.3, 0.4) is 0 Å². The van der Waals surface area contributed by atoms with Crippen molar-refractivity contribution < 1.29 is 4.57 Å². The Morgan fingerprint density at radius 3 is 3.10 bits per heavy atom. The van der Waals surface area contributed by atoms with Crippen LogP contribution in [0, 0.1) is 0 Å². The topological polar surface area (TPSA) is 16.8 Å². The first-order valence-electron chi connectivity index (χ1n) is 3.33. The normalized spacial score (nSPS) is 10.5. The molecule has 52 valence electrons. The van der Waals surface area contributed by atoms with Crippen LogP contribution in [0.25, 0.3) is 0 Å². The van der Waals surface area contributed by atoms with Gasteiger partial charge in [0.1, 0.15) is 12.7 Å². The van der Waals surface area contributed by atoms with Gasteiger partial charge in [-0.25, -0.2) is 4.57 Å². The van der Waals surface area contributed by atoms with Gasteiger partial charge in [-0.2, -0.15) is 0 Å². The fraction of sp³-hybridized carbons (Fsp3) is 0.250. The molecule has 0 radical (unpaired) electrons. The first-order valence-corrected chi connectivity index (χ1v) is 3.33. The second-order valence-electron chi connectivity index (χ2n) is 2.02. The third kappa shape index (κ3) is 1.97. The van der Waals surface area contributed by atoms with Gasteiger partial charge in [-0.15, -0.1) is 0 Å². The maximum atomic E-state index is 3.97. The summed E-state index contributed by atoms with van der Waals surface area (Å²) in [6, 6.07) is 1.92. The molecule has 0 fully saturated rings. The molecule has 0 aliphatic rings. The lowest BCUT2D eigenvalue weighted by molar-refractivity contribution is -0.690. The van der Waals surface area contributed by atoms with Crippen molar-refractivity contribution in [3.8, 4) is 0 Å². The molecule has 1 heterocycles. The Kier molecular flexibility index (Phi) is 2.62. The molecule has 1 aromatic rings. The zero-order chi connectivity index (χ0) is 7.23. The zero-order valence-corrected chi connectivity index (χ0v) is 6.07.